The molecule has 0 saturated carbocycles. The average molecular weight is 384 g/mol. The molecular weight excluding hydrogens is 356 g/mol. The van der Waals surface area contributed by atoms with Crippen molar-refractivity contribution in [3.8, 4) is 0 Å². The Morgan fingerprint density at radius 1 is 1.25 bits per heavy atom. The van der Waals surface area contributed by atoms with Crippen LogP contribution >= 0.6 is 0 Å². The van der Waals surface area contributed by atoms with E-state index < -0.39 is 0 Å². The Labute approximate surface area is 165 Å². The molecule has 0 bridgehead atoms. The van der Waals surface area contributed by atoms with E-state index >= 15 is 0 Å². The van der Waals surface area contributed by atoms with Crippen LogP contribution in [0.1, 0.15) is 18.7 Å². The maximum Gasteiger partial charge on any atom is 0.251 e. The van der Waals surface area contributed by atoms with Crippen LogP contribution in [0.25, 0.3) is 11.0 Å². The van der Waals surface area contributed by atoms with Gasteiger partial charge in [-0.1, -0.05) is 12.1 Å². The first-order valence-electron chi connectivity index (χ1n) is 9.93. The number of carbonyl (C=O) groups excluding carboxylic acids is 1. The Kier molecular flexibility index (Phi) is 5.47. The molecule has 0 radical (unpaired) electrons. The quantitative estimate of drug-likeness (QED) is 0.631. The molecule has 0 aliphatic carbocycles. The lowest BCUT2D eigenvalue weighted by atomic mass is 10.2. The number of fused-ring (bicyclic) bond motifs is 1. The van der Waals surface area contributed by atoms with Crippen LogP contribution in [0.2, 0.25) is 0 Å². The second kappa shape index (κ2) is 8.18. The van der Waals surface area contributed by atoms with Gasteiger partial charge in [-0.25, -0.2) is 4.98 Å². The number of benzene rings is 1. The SMILES string of the molecule is CN=C(NCc1nc2ccccc2n1C)N1CCN(C(=O)C2CCCO2)CC1. The second-order valence-electron chi connectivity index (χ2n) is 7.29. The summed E-state index contributed by atoms with van der Waals surface area (Å²) in [4.78, 5) is 25.8. The topological polar surface area (TPSA) is 75.0 Å². The number of para-hydroxylation sites is 2. The molecule has 1 atom stereocenters. The number of guanidine groups is 1. The number of rotatable bonds is 3. The molecule has 28 heavy (non-hydrogen) atoms. The molecule has 3 heterocycles. The highest BCUT2D eigenvalue weighted by atomic mass is 16.5. The monoisotopic (exact) mass is 384 g/mol. The number of carbonyl (C=O) groups is 1. The third-order valence-electron chi connectivity index (χ3n) is 5.59. The number of aromatic nitrogens is 2. The summed E-state index contributed by atoms with van der Waals surface area (Å²) >= 11 is 0. The van der Waals surface area contributed by atoms with Crippen LogP contribution in [0.5, 0.6) is 0 Å². The van der Waals surface area contributed by atoms with Crippen molar-refractivity contribution in [3.05, 3.63) is 30.1 Å². The Bertz CT molecular complexity index is 863. The number of nitrogens with one attached hydrogen (secondary N) is 1. The van der Waals surface area contributed by atoms with E-state index in [1.807, 2.05) is 30.1 Å². The maximum absolute atomic E-state index is 12.5. The molecule has 0 spiro atoms. The summed E-state index contributed by atoms with van der Waals surface area (Å²) in [5, 5.41) is 3.42. The van der Waals surface area contributed by atoms with Crippen LogP contribution in [0.15, 0.2) is 29.3 Å². The van der Waals surface area contributed by atoms with Gasteiger partial charge in [0.15, 0.2) is 5.96 Å². The lowest BCUT2D eigenvalue weighted by Gasteiger charge is -2.37. The minimum Gasteiger partial charge on any atom is -0.368 e. The Hall–Kier alpha value is -2.61. The molecule has 150 valence electrons. The number of hydrogen-bond acceptors (Lipinski definition) is 4. The highest BCUT2D eigenvalue weighted by Gasteiger charge is 2.30. The van der Waals surface area contributed by atoms with Crippen molar-refractivity contribution in [1.82, 2.24) is 24.7 Å². The van der Waals surface area contributed by atoms with Gasteiger partial charge in [-0.15, -0.1) is 0 Å². The molecule has 2 aliphatic rings. The number of aliphatic imine (C=N–C) groups is 1. The molecule has 8 nitrogen and oxygen atoms in total. The van der Waals surface area contributed by atoms with Crippen molar-refractivity contribution in [2.45, 2.75) is 25.5 Å². The van der Waals surface area contributed by atoms with E-state index in [2.05, 4.69) is 25.8 Å². The molecular formula is C20H28N6O2. The summed E-state index contributed by atoms with van der Waals surface area (Å²) in [6, 6.07) is 8.13. The largest absolute Gasteiger partial charge is 0.368 e. The molecule has 1 aromatic heterocycles. The predicted molar refractivity (Wildman–Crippen MR) is 108 cm³/mol. The molecule has 8 heteroatoms. The Balaban J connectivity index is 1.33. The van der Waals surface area contributed by atoms with Gasteiger partial charge in [-0.2, -0.15) is 0 Å². The number of hydrogen-bond donors (Lipinski definition) is 1. The third kappa shape index (κ3) is 3.69. The molecule has 1 aromatic carbocycles. The van der Waals surface area contributed by atoms with Gasteiger partial charge in [-0.3, -0.25) is 9.79 Å². The van der Waals surface area contributed by atoms with E-state index in [0.717, 1.165) is 48.7 Å². The number of nitrogens with zero attached hydrogens (tertiary/aromatic N) is 5. The highest BCUT2D eigenvalue weighted by Crippen LogP contribution is 2.16. The lowest BCUT2D eigenvalue weighted by Crippen LogP contribution is -2.55. The van der Waals surface area contributed by atoms with Crippen LogP contribution in [-0.4, -0.2) is 77.2 Å². The van der Waals surface area contributed by atoms with Crippen LogP contribution < -0.4 is 5.32 Å². The summed E-state index contributed by atoms with van der Waals surface area (Å²) in [5.41, 5.74) is 2.12. The average Bonchev–Trinajstić information content (AvgIpc) is 3.38. The number of ether oxygens (including phenoxy) is 1. The van der Waals surface area contributed by atoms with E-state index in [9.17, 15) is 4.79 Å². The van der Waals surface area contributed by atoms with Gasteiger partial charge in [0, 0.05) is 46.9 Å². The van der Waals surface area contributed by atoms with Gasteiger partial charge in [0.05, 0.1) is 17.6 Å². The molecule has 1 unspecified atom stereocenters. The van der Waals surface area contributed by atoms with Gasteiger partial charge in [0.25, 0.3) is 5.91 Å². The van der Waals surface area contributed by atoms with Gasteiger partial charge >= 0.3 is 0 Å². The first kappa shape index (κ1) is 18.7. The second-order valence-corrected chi connectivity index (χ2v) is 7.29. The number of aryl methyl sites for hydroxylation is 1. The fourth-order valence-corrected chi connectivity index (χ4v) is 3.96. The van der Waals surface area contributed by atoms with Crippen molar-refractivity contribution in [2.75, 3.05) is 39.8 Å². The van der Waals surface area contributed by atoms with Gasteiger partial charge in [0.2, 0.25) is 0 Å². The summed E-state index contributed by atoms with van der Waals surface area (Å²) in [6.45, 7) is 4.24. The smallest absolute Gasteiger partial charge is 0.251 e. The van der Waals surface area contributed by atoms with Crippen LogP contribution in [0.3, 0.4) is 0 Å². The van der Waals surface area contributed by atoms with E-state index in [1.165, 1.54) is 0 Å². The normalized spacial score (nSPS) is 20.8. The van der Waals surface area contributed by atoms with Crippen LogP contribution in [0, 0.1) is 0 Å². The minimum atomic E-state index is -0.235. The van der Waals surface area contributed by atoms with E-state index in [1.54, 1.807) is 7.05 Å². The molecule has 2 aromatic rings. The van der Waals surface area contributed by atoms with Crippen molar-refractivity contribution in [3.63, 3.8) is 0 Å². The number of amides is 1. The van der Waals surface area contributed by atoms with Gasteiger partial charge in [0.1, 0.15) is 11.9 Å². The standard InChI is InChI=1S/C20H28N6O2/c1-21-20(22-14-18-23-15-6-3-4-7-16(15)24(18)2)26-11-9-25(10-12-26)19(27)17-8-5-13-28-17/h3-4,6-7,17H,5,8-14H2,1-2H3,(H,21,22). The van der Waals surface area contributed by atoms with Crippen molar-refractivity contribution in [1.29, 1.82) is 0 Å². The summed E-state index contributed by atoms with van der Waals surface area (Å²) in [7, 11) is 3.83. The first-order chi connectivity index (χ1) is 13.7. The van der Waals surface area contributed by atoms with Crippen molar-refractivity contribution < 1.29 is 9.53 Å². The van der Waals surface area contributed by atoms with Crippen LogP contribution in [-0.2, 0) is 23.1 Å². The zero-order valence-corrected chi connectivity index (χ0v) is 16.6. The predicted octanol–water partition coefficient (Wildman–Crippen LogP) is 0.972. The van der Waals surface area contributed by atoms with Crippen LogP contribution in [0.4, 0.5) is 0 Å². The minimum absolute atomic E-state index is 0.139. The molecule has 2 fully saturated rings. The molecule has 2 aliphatic heterocycles. The Morgan fingerprint density at radius 2 is 2.00 bits per heavy atom. The van der Waals surface area contributed by atoms with E-state index in [4.69, 9.17) is 9.72 Å². The van der Waals surface area contributed by atoms with E-state index in [-0.39, 0.29) is 12.0 Å². The van der Waals surface area contributed by atoms with E-state index in [0.29, 0.717) is 26.2 Å². The van der Waals surface area contributed by atoms with Gasteiger partial charge < -0.3 is 24.4 Å². The molecule has 1 N–H and O–H groups in total. The summed E-state index contributed by atoms with van der Waals surface area (Å²) < 4.78 is 7.64. The third-order valence-corrected chi connectivity index (χ3v) is 5.59. The first-order valence-corrected chi connectivity index (χ1v) is 9.93. The number of piperazine rings is 1. The molecule has 4 rings (SSSR count). The summed E-state index contributed by atoms with van der Waals surface area (Å²) in [6.07, 6.45) is 1.59. The zero-order chi connectivity index (χ0) is 19.5. The highest BCUT2D eigenvalue weighted by molar-refractivity contribution is 5.83. The zero-order valence-electron chi connectivity index (χ0n) is 16.6. The maximum atomic E-state index is 12.5. The van der Waals surface area contributed by atoms with Gasteiger partial charge in [-0.05, 0) is 25.0 Å². The van der Waals surface area contributed by atoms with Crippen molar-refractivity contribution >= 4 is 22.9 Å². The molecule has 2 saturated heterocycles. The fraction of sp³-hybridized carbons (Fsp3) is 0.550. The Morgan fingerprint density at radius 3 is 2.68 bits per heavy atom. The number of imidazole rings is 1. The summed E-state index contributed by atoms with van der Waals surface area (Å²) in [5.74, 6) is 1.95. The van der Waals surface area contributed by atoms with Crippen molar-refractivity contribution in [2.24, 2.45) is 12.0 Å². The molecule has 1 amide bonds. The lowest BCUT2D eigenvalue weighted by molar-refractivity contribution is -0.142. The fourth-order valence-electron chi connectivity index (χ4n) is 3.96.